The van der Waals surface area contributed by atoms with Gasteiger partial charge in [0, 0.05) is 37.3 Å². The smallest absolute Gasteiger partial charge is 0.309 e. The minimum atomic E-state index is -0.717. The number of carboxylic acids is 1. The van der Waals surface area contributed by atoms with Gasteiger partial charge in [-0.3, -0.25) is 14.5 Å². The maximum atomic E-state index is 12.7. The largest absolute Gasteiger partial charge is 0.481 e. The van der Waals surface area contributed by atoms with E-state index in [1.165, 1.54) is 11.1 Å². The minimum Gasteiger partial charge on any atom is -0.481 e. The molecule has 2 N–H and O–H groups in total. The van der Waals surface area contributed by atoms with Gasteiger partial charge in [-0.2, -0.15) is 0 Å². The topological polar surface area (TPSA) is 95.7 Å². The summed E-state index contributed by atoms with van der Waals surface area (Å²) in [5, 5.41) is 16.1. The number of hydrogen-bond donors (Lipinski definition) is 2. The molecule has 1 amide bonds. The lowest BCUT2D eigenvalue weighted by Gasteiger charge is -2.36. The lowest BCUT2D eigenvalue weighted by Crippen LogP contribution is -2.49. The van der Waals surface area contributed by atoms with Crippen molar-refractivity contribution in [1.29, 1.82) is 0 Å². The molecule has 1 saturated heterocycles. The van der Waals surface area contributed by atoms with Gasteiger partial charge in [0.1, 0.15) is 0 Å². The van der Waals surface area contributed by atoms with Gasteiger partial charge < -0.3 is 14.9 Å². The summed E-state index contributed by atoms with van der Waals surface area (Å²) in [6.45, 7) is 2.54. The number of carbonyl (C=O) groups is 2. The Hall–Kier alpha value is -3.45. The van der Waals surface area contributed by atoms with Crippen LogP contribution in [0.5, 0.6) is 0 Å². The Labute approximate surface area is 192 Å². The quantitative estimate of drug-likeness (QED) is 0.517. The maximum Gasteiger partial charge on any atom is 0.309 e. The molecule has 0 radical (unpaired) electrons. The van der Waals surface area contributed by atoms with Gasteiger partial charge in [-0.25, -0.2) is 0 Å². The van der Waals surface area contributed by atoms with E-state index >= 15 is 0 Å². The molecule has 170 valence electrons. The molecule has 33 heavy (non-hydrogen) atoms. The van der Waals surface area contributed by atoms with Crippen molar-refractivity contribution in [3.8, 4) is 11.3 Å². The first-order chi connectivity index (χ1) is 16.1. The molecule has 2 aliphatic rings. The molecule has 5 rings (SSSR count). The Bertz CT molecular complexity index is 1170. The summed E-state index contributed by atoms with van der Waals surface area (Å²) >= 11 is 0. The number of benzene rings is 2. The fourth-order valence-corrected chi connectivity index (χ4v) is 4.70. The fraction of sp³-hybridized carbons (Fsp3) is 0.346. The summed E-state index contributed by atoms with van der Waals surface area (Å²) in [5.41, 5.74) is 5.86. The van der Waals surface area contributed by atoms with Crippen molar-refractivity contribution in [3.63, 3.8) is 0 Å². The van der Waals surface area contributed by atoms with Crippen LogP contribution in [0.25, 0.3) is 11.3 Å². The van der Waals surface area contributed by atoms with Gasteiger partial charge in [-0.15, -0.1) is 0 Å². The first-order valence-corrected chi connectivity index (χ1v) is 11.5. The number of aromatic nitrogens is 1. The highest BCUT2D eigenvalue weighted by molar-refractivity contribution is 5.95. The maximum absolute atomic E-state index is 12.7. The molecule has 3 aromatic rings. The van der Waals surface area contributed by atoms with Crippen molar-refractivity contribution < 1.29 is 19.2 Å². The number of carboxylic acid groups (broad SMARTS) is 1. The van der Waals surface area contributed by atoms with Gasteiger partial charge in [0.05, 0.1) is 5.92 Å². The molecule has 7 nitrogen and oxygen atoms in total. The number of carbonyl (C=O) groups excluding carboxylic acids is 1. The lowest BCUT2D eigenvalue weighted by atomic mass is 9.88. The van der Waals surface area contributed by atoms with Gasteiger partial charge >= 0.3 is 5.97 Å². The van der Waals surface area contributed by atoms with Crippen LogP contribution in [-0.4, -0.2) is 46.7 Å². The molecule has 1 aliphatic heterocycles. The van der Waals surface area contributed by atoms with Crippen LogP contribution < -0.4 is 5.32 Å². The number of nitrogens with zero attached hydrogens (tertiary/aromatic N) is 2. The first kappa shape index (κ1) is 21.4. The van der Waals surface area contributed by atoms with Crippen LogP contribution in [0.3, 0.4) is 0 Å². The Balaban J connectivity index is 1.20. The zero-order valence-corrected chi connectivity index (χ0v) is 18.4. The van der Waals surface area contributed by atoms with Crippen LogP contribution in [-0.2, 0) is 30.6 Å². The fourth-order valence-electron chi connectivity index (χ4n) is 4.70. The number of fused-ring (bicyclic) bond motifs is 3. The predicted octanol–water partition coefficient (Wildman–Crippen LogP) is 3.32. The van der Waals surface area contributed by atoms with Gasteiger partial charge in [0.2, 0.25) is 0 Å². The standard InChI is InChI=1S/C26H27N3O4/c30-25(27-12-4-7-17-5-2-1-3-6-17)23-22-11-9-19-13-18(8-10-21(19)24(22)33-28-23)14-29-15-20(16-29)26(31)32/h1-3,5-6,8,10,13,20H,4,7,9,11-12,14-16H2,(H,27,30)(H,31,32). The van der Waals surface area contributed by atoms with E-state index in [1.54, 1.807) is 0 Å². The van der Waals surface area contributed by atoms with E-state index in [2.05, 4.69) is 33.6 Å². The highest BCUT2D eigenvalue weighted by Crippen LogP contribution is 2.36. The van der Waals surface area contributed by atoms with Crippen molar-refractivity contribution in [3.05, 3.63) is 76.5 Å². The third-order valence-electron chi connectivity index (χ3n) is 6.55. The van der Waals surface area contributed by atoms with Crippen LogP contribution in [0.15, 0.2) is 53.1 Å². The summed E-state index contributed by atoms with van der Waals surface area (Å²) in [6.07, 6.45) is 3.32. The molecule has 0 bridgehead atoms. The van der Waals surface area contributed by atoms with Crippen LogP contribution in [0, 0.1) is 5.92 Å². The number of aryl methyl sites for hydroxylation is 2. The molecule has 0 saturated carbocycles. The second-order valence-electron chi connectivity index (χ2n) is 8.90. The number of aliphatic carboxylic acids is 1. The zero-order valence-electron chi connectivity index (χ0n) is 18.4. The second-order valence-corrected chi connectivity index (χ2v) is 8.90. The third kappa shape index (κ3) is 4.54. The predicted molar refractivity (Wildman–Crippen MR) is 123 cm³/mol. The Morgan fingerprint density at radius 3 is 2.70 bits per heavy atom. The van der Waals surface area contributed by atoms with E-state index in [0.29, 0.717) is 37.5 Å². The molecule has 1 fully saturated rings. The third-order valence-corrected chi connectivity index (χ3v) is 6.55. The molecule has 1 aromatic heterocycles. The van der Waals surface area contributed by atoms with Crippen LogP contribution in [0.4, 0.5) is 0 Å². The summed E-state index contributed by atoms with van der Waals surface area (Å²) in [6, 6.07) is 16.5. The monoisotopic (exact) mass is 445 g/mol. The van der Waals surface area contributed by atoms with Crippen molar-refractivity contribution in [2.24, 2.45) is 5.92 Å². The Kier molecular flexibility index (Phi) is 5.96. The molecule has 2 aromatic carbocycles. The highest BCUT2D eigenvalue weighted by atomic mass is 16.5. The van der Waals surface area contributed by atoms with Crippen molar-refractivity contribution >= 4 is 11.9 Å². The molecule has 0 unspecified atom stereocenters. The number of rotatable bonds is 8. The highest BCUT2D eigenvalue weighted by Gasteiger charge is 2.32. The molecule has 1 aliphatic carbocycles. The molecule has 2 heterocycles. The number of amides is 1. The number of nitrogens with one attached hydrogen (secondary N) is 1. The molecular weight excluding hydrogens is 418 g/mol. The molecule has 0 atom stereocenters. The lowest BCUT2D eigenvalue weighted by molar-refractivity contribution is -0.147. The first-order valence-electron chi connectivity index (χ1n) is 11.5. The van der Waals surface area contributed by atoms with Crippen molar-refractivity contribution in [2.45, 2.75) is 32.2 Å². The van der Waals surface area contributed by atoms with Crippen LogP contribution in [0.2, 0.25) is 0 Å². The van der Waals surface area contributed by atoms with E-state index in [4.69, 9.17) is 9.63 Å². The van der Waals surface area contributed by atoms with E-state index < -0.39 is 5.97 Å². The van der Waals surface area contributed by atoms with Gasteiger partial charge in [-0.05, 0) is 42.4 Å². The summed E-state index contributed by atoms with van der Waals surface area (Å²) < 4.78 is 5.62. The van der Waals surface area contributed by atoms with Gasteiger partial charge in [0.15, 0.2) is 11.5 Å². The van der Waals surface area contributed by atoms with Crippen molar-refractivity contribution in [2.75, 3.05) is 19.6 Å². The van der Waals surface area contributed by atoms with E-state index in [9.17, 15) is 9.59 Å². The van der Waals surface area contributed by atoms with Crippen LogP contribution >= 0.6 is 0 Å². The summed E-state index contributed by atoms with van der Waals surface area (Å²) in [7, 11) is 0. The number of likely N-dealkylation sites (tertiary alicyclic amines) is 1. The minimum absolute atomic E-state index is 0.182. The Morgan fingerprint density at radius 1 is 1.09 bits per heavy atom. The Morgan fingerprint density at radius 2 is 1.91 bits per heavy atom. The number of hydrogen-bond acceptors (Lipinski definition) is 5. The normalized spacial score (nSPS) is 15.4. The molecule has 0 spiro atoms. The van der Waals surface area contributed by atoms with Gasteiger partial charge in [0.25, 0.3) is 5.91 Å². The summed E-state index contributed by atoms with van der Waals surface area (Å²) in [5.74, 6) is -0.459. The summed E-state index contributed by atoms with van der Waals surface area (Å²) in [4.78, 5) is 25.9. The average molecular weight is 446 g/mol. The molecule has 7 heteroatoms. The SMILES string of the molecule is O=C(NCCCc1ccccc1)c1noc2c1CCc1cc(CN3CC(C(=O)O)C3)ccc1-2. The van der Waals surface area contributed by atoms with E-state index in [1.807, 2.05) is 30.3 Å². The van der Waals surface area contributed by atoms with E-state index in [0.717, 1.165) is 42.5 Å². The second kappa shape index (κ2) is 9.19. The van der Waals surface area contributed by atoms with Crippen LogP contribution in [0.1, 0.15) is 39.2 Å². The van der Waals surface area contributed by atoms with Crippen molar-refractivity contribution in [1.82, 2.24) is 15.4 Å². The average Bonchev–Trinajstić information content (AvgIpc) is 3.23. The van der Waals surface area contributed by atoms with Gasteiger partial charge in [-0.1, -0.05) is 53.7 Å². The zero-order chi connectivity index (χ0) is 22.8. The molecular formula is C26H27N3O4. The van der Waals surface area contributed by atoms with E-state index in [-0.39, 0.29) is 11.8 Å².